The molecule has 1 atom stereocenters. The van der Waals surface area contributed by atoms with Crippen molar-refractivity contribution in [1.29, 1.82) is 0 Å². The Kier molecular flexibility index (Phi) is 5.75. The van der Waals surface area contributed by atoms with E-state index in [9.17, 15) is 9.59 Å². The van der Waals surface area contributed by atoms with E-state index in [1.54, 1.807) is 19.1 Å². The van der Waals surface area contributed by atoms with E-state index < -0.39 is 6.04 Å². The number of likely N-dealkylation sites (N-methyl/N-ethyl adjacent to an activating group) is 1. The van der Waals surface area contributed by atoms with E-state index in [2.05, 4.69) is 22.5 Å². The Bertz CT molecular complexity index is 570. The molecule has 0 heterocycles. The van der Waals surface area contributed by atoms with E-state index in [4.69, 9.17) is 5.73 Å². The number of hydrogen-bond donors (Lipinski definition) is 3. The van der Waals surface area contributed by atoms with Gasteiger partial charge >= 0.3 is 0 Å². The number of aryl methyl sites for hydroxylation is 1. The number of nitrogens with one attached hydrogen (secondary N) is 2. The second-order valence-electron chi connectivity index (χ2n) is 4.40. The molecule has 4 N–H and O–H groups in total. The van der Waals surface area contributed by atoms with Crippen LogP contribution in [-0.2, 0) is 4.79 Å². The third-order valence-electron chi connectivity index (χ3n) is 2.66. The fourth-order valence-electron chi connectivity index (χ4n) is 1.70. The molecule has 0 aliphatic carbocycles. The van der Waals surface area contributed by atoms with Gasteiger partial charge in [0, 0.05) is 18.2 Å². The minimum absolute atomic E-state index is 0.242. The highest BCUT2D eigenvalue weighted by molar-refractivity contribution is 5.97. The van der Waals surface area contributed by atoms with Crippen LogP contribution in [0.3, 0.4) is 0 Å². The lowest BCUT2D eigenvalue weighted by Crippen LogP contribution is -2.43. The van der Waals surface area contributed by atoms with Gasteiger partial charge in [0.1, 0.15) is 6.04 Å². The number of amides is 2. The maximum absolute atomic E-state index is 12.1. The van der Waals surface area contributed by atoms with Crippen LogP contribution in [0.1, 0.15) is 28.4 Å². The summed E-state index contributed by atoms with van der Waals surface area (Å²) in [7, 11) is 1.53. The quantitative estimate of drug-likeness (QED) is 0.686. The summed E-state index contributed by atoms with van der Waals surface area (Å²) in [5.41, 5.74) is 7.46. The van der Waals surface area contributed by atoms with Gasteiger partial charge in [-0.1, -0.05) is 11.8 Å². The summed E-state index contributed by atoms with van der Waals surface area (Å²) in [5, 5.41) is 5.12. The molecule has 106 valence electrons. The van der Waals surface area contributed by atoms with Crippen molar-refractivity contribution in [2.24, 2.45) is 5.73 Å². The smallest absolute Gasteiger partial charge is 0.251 e. The highest BCUT2D eigenvalue weighted by Gasteiger charge is 2.15. The summed E-state index contributed by atoms with van der Waals surface area (Å²) < 4.78 is 0. The molecule has 0 aliphatic rings. The Hall–Kier alpha value is -2.32. The normalized spacial score (nSPS) is 11.0. The molecule has 1 aromatic carbocycles. The van der Waals surface area contributed by atoms with Crippen LogP contribution in [0, 0.1) is 18.8 Å². The first-order chi connectivity index (χ1) is 9.47. The van der Waals surface area contributed by atoms with Crippen molar-refractivity contribution in [2.45, 2.75) is 19.9 Å². The molecule has 2 amide bonds. The fraction of sp³-hybridized carbons (Fsp3) is 0.333. The number of nitrogens with two attached hydrogens (primary N) is 1. The van der Waals surface area contributed by atoms with Crippen molar-refractivity contribution in [1.82, 2.24) is 10.6 Å². The molecule has 20 heavy (non-hydrogen) atoms. The summed E-state index contributed by atoms with van der Waals surface area (Å²) in [6.07, 6.45) is 0. The number of hydrogen-bond acceptors (Lipinski definition) is 3. The topological polar surface area (TPSA) is 84.2 Å². The minimum atomic E-state index is -0.591. The molecule has 0 aliphatic heterocycles. The third-order valence-corrected chi connectivity index (χ3v) is 2.66. The lowest BCUT2D eigenvalue weighted by molar-refractivity contribution is -0.122. The lowest BCUT2D eigenvalue weighted by Gasteiger charge is -2.12. The minimum Gasteiger partial charge on any atom is -0.357 e. The molecule has 0 fully saturated rings. The van der Waals surface area contributed by atoms with Crippen LogP contribution >= 0.6 is 0 Å². The van der Waals surface area contributed by atoms with Gasteiger partial charge in [-0.3, -0.25) is 9.59 Å². The summed E-state index contributed by atoms with van der Waals surface area (Å²) in [4.78, 5) is 23.5. The standard InChI is InChI=1S/C15H19N3O2/c1-10-7-12(5-4-6-16)9-13(8-10)15(20)18-11(2)14(19)17-3/h7-9,11H,6,16H2,1-3H3,(H,17,19)(H,18,20). The van der Waals surface area contributed by atoms with Crippen molar-refractivity contribution in [3.8, 4) is 11.8 Å². The predicted octanol–water partition coefficient (Wildman–Crippen LogP) is 0.170. The van der Waals surface area contributed by atoms with E-state index in [0.717, 1.165) is 11.1 Å². The second-order valence-corrected chi connectivity index (χ2v) is 4.40. The molecule has 0 spiro atoms. The summed E-state index contributed by atoms with van der Waals surface area (Å²) in [5.74, 6) is 5.09. The number of benzene rings is 1. The monoisotopic (exact) mass is 273 g/mol. The molecular weight excluding hydrogens is 254 g/mol. The first-order valence-corrected chi connectivity index (χ1v) is 6.31. The van der Waals surface area contributed by atoms with Crippen LogP contribution in [0.4, 0.5) is 0 Å². The van der Waals surface area contributed by atoms with E-state index in [1.165, 1.54) is 7.05 Å². The van der Waals surface area contributed by atoms with Gasteiger partial charge in [-0.15, -0.1) is 0 Å². The average Bonchev–Trinajstić information content (AvgIpc) is 2.43. The molecule has 1 rings (SSSR count). The highest BCUT2D eigenvalue weighted by Crippen LogP contribution is 2.09. The van der Waals surface area contributed by atoms with Crippen molar-refractivity contribution in [2.75, 3.05) is 13.6 Å². The van der Waals surface area contributed by atoms with E-state index >= 15 is 0 Å². The molecule has 0 saturated heterocycles. The maximum Gasteiger partial charge on any atom is 0.251 e. The molecule has 1 aromatic rings. The highest BCUT2D eigenvalue weighted by atomic mass is 16.2. The summed E-state index contributed by atoms with van der Waals surface area (Å²) in [6, 6.07) is 4.72. The summed E-state index contributed by atoms with van der Waals surface area (Å²) >= 11 is 0. The third kappa shape index (κ3) is 4.41. The number of rotatable bonds is 3. The van der Waals surface area contributed by atoms with Gasteiger partial charge in [0.25, 0.3) is 5.91 Å². The van der Waals surface area contributed by atoms with E-state index in [0.29, 0.717) is 5.56 Å². The van der Waals surface area contributed by atoms with Crippen molar-refractivity contribution >= 4 is 11.8 Å². The van der Waals surface area contributed by atoms with Crippen LogP contribution in [0.2, 0.25) is 0 Å². The molecule has 0 bridgehead atoms. The first-order valence-electron chi connectivity index (χ1n) is 6.31. The van der Waals surface area contributed by atoms with Crippen molar-refractivity contribution < 1.29 is 9.59 Å². The Labute approximate surface area is 118 Å². The fourth-order valence-corrected chi connectivity index (χ4v) is 1.70. The molecule has 0 saturated carbocycles. The number of carbonyl (C=O) groups is 2. The van der Waals surface area contributed by atoms with Crippen molar-refractivity contribution in [3.05, 3.63) is 34.9 Å². The Morgan fingerprint density at radius 2 is 2.05 bits per heavy atom. The van der Waals surface area contributed by atoms with Gasteiger partial charge in [-0.25, -0.2) is 0 Å². The van der Waals surface area contributed by atoms with E-state index in [-0.39, 0.29) is 18.4 Å². The average molecular weight is 273 g/mol. The lowest BCUT2D eigenvalue weighted by atomic mass is 10.1. The molecule has 0 aromatic heterocycles. The number of carbonyl (C=O) groups excluding carboxylic acids is 2. The molecule has 0 radical (unpaired) electrons. The van der Waals surface area contributed by atoms with Gasteiger partial charge in [0.2, 0.25) is 5.91 Å². The van der Waals surface area contributed by atoms with Crippen molar-refractivity contribution in [3.63, 3.8) is 0 Å². The van der Waals surface area contributed by atoms with Gasteiger partial charge in [0.05, 0.1) is 6.54 Å². The first kappa shape index (κ1) is 15.7. The van der Waals surface area contributed by atoms with Crippen LogP contribution in [0.25, 0.3) is 0 Å². The van der Waals surface area contributed by atoms with E-state index in [1.807, 2.05) is 13.0 Å². The van der Waals surface area contributed by atoms with Gasteiger partial charge < -0.3 is 16.4 Å². The Morgan fingerprint density at radius 1 is 1.35 bits per heavy atom. The Morgan fingerprint density at radius 3 is 2.65 bits per heavy atom. The van der Waals surface area contributed by atoms with Crippen LogP contribution in [0.15, 0.2) is 18.2 Å². The molecule has 1 unspecified atom stereocenters. The largest absolute Gasteiger partial charge is 0.357 e. The predicted molar refractivity (Wildman–Crippen MR) is 78.1 cm³/mol. The molecule has 5 nitrogen and oxygen atoms in total. The van der Waals surface area contributed by atoms with Gasteiger partial charge in [0.15, 0.2) is 0 Å². The Balaban J connectivity index is 2.93. The van der Waals surface area contributed by atoms with Crippen LogP contribution in [0.5, 0.6) is 0 Å². The second kappa shape index (κ2) is 7.31. The SMILES string of the molecule is CNC(=O)C(C)NC(=O)c1cc(C)cc(C#CCN)c1. The van der Waals surface area contributed by atoms with Gasteiger partial charge in [-0.2, -0.15) is 0 Å². The molecular formula is C15H19N3O2. The maximum atomic E-state index is 12.1. The van der Waals surface area contributed by atoms with Gasteiger partial charge in [-0.05, 0) is 37.6 Å². The zero-order chi connectivity index (χ0) is 15.1. The molecule has 5 heteroatoms. The zero-order valence-electron chi connectivity index (χ0n) is 11.9. The summed E-state index contributed by atoms with van der Waals surface area (Å²) in [6.45, 7) is 3.78. The van der Waals surface area contributed by atoms with Crippen LogP contribution < -0.4 is 16.4 Å². The van der Waals surface area contributed by atoms with Crippen LogP contribution in [-0.4, -0.2) is 31.4 Å². The zero-order valence-corrected chi connectivity index (χ0v) is 11.9.